The molecule has 3 saturated carbocycles. The van der Waals surface area contributed by atoms with Crippen LogP contribution in [0.4, 0.5) is 0 Å². The van der Waals surface area contributed by atoms with Gasteiger partial charge in [0.2, 0.25) is 0 Å². The monoisotopic (exact) mass is 750 g/mol. The summed E-state index contributed by atoms with van der Waals surface area (Å²) in [5, 5.41) is 75.3. The van der Waals surface area contributed by atoms with E-state index in [1.807, 2.05) is 6.08 Å². The molecule has 2 saturated heterocycles. The van der Waals surface area contributed by atoms with Crippen LogP contribution in [0.5, 0.6) is 0 Å². The molecule has 0 unspecified atom stereocenters. The van der Waals surface area contributed by atoms with E-state index in [1.165, 1.54) is 19.3 Å². The van der Waals surface area contributed by atoms with Gasteiger partial charge in [-0.15, -0.1) is 0 Å². The molecule has 53 heavy (non-hydrogen) atoms. The molecule has 15 heteroatoms. The highest BCUT2D eigenvalue weighted by Gasteiger charge is 2.68. The Bertz CT molecular complexity index is 1580. The summed E-state index contributed by atoms with van der Waals surface area (Å²) in [7, 11) is 0. The fourth-order valence-corrected chi connectivity index (χ4v) is 11.0. The van der Waals surface area contributed by atoms with Crippen molar-refractivity contribution in [1.29, 1.82) is 0 Å². The van der Waals surface area contributed by atoms with E-state index in [1.54, 1.807) is 13.0 Å². The van der Waals surface area contributed by atoms with Crippen molar-refractivity contribution in [3.8, 4) is 0 Å². The van der Waals surface area contributed by atoms with E-state index >= 15 is 0 Å². The van der Waals surface area contributed by atoms with Crippen LogP contribution in [0.2, 0.25) is 0 Å². The summed E-state index contributed by atoms with van der Waals surface area (Å²) in [4.78, 5) is 24.2. The van der Waals surface area contributed by atoms with Crippen LogP contribution in [0.15, 0.2) is 39.3 Å². The van der Waals surface area contributed by atoms with Gasteiger partial charge in [0.25, 0.3) is 0 Å². The molecule has 296 valence electrons. The maximum absolute atomic E-state index is 12.7. The lowest BCUT2D eigenvalue weighted by Crippen LogP contribution is -2.64. The largest absolute Gasteiger partial charge is 0.458 e. The Morgan fingerprint density at radius 2 is 1.60 bits per heavy atom. The van der Waals surface area contributed by atoms with Crippen LogP contribution in [0.1, 0.15) is 84.1 Å². The second-order valence-corrected chi connectivity index (χ2v) is 16.6. The third-order valence-corrected chi connectivity index (χ3v) is 13.9. The Kier molecular flexibility index (Phi) is 10.5. The fraction of sp³-hybridized carbons (Fsp3) is 0.789. The second-order valence-electron chi connectivity index (χ2n) is 16.6. The number of esters is 1. The number of aliphatic hydroxyl groups is 7. The van der Waals surface area contributed by atoms with Crippen molar-refractivity contribution in [3.63, 3.8) is 0 Å². The normalized spacial score (nSPS) is 49.6. The Balaban J connectivity index is 1.08. The predicted molar refractivity (Wildman–Crippen MR) is 182 cm³/mol. The topological polar surface area (TPSA) is 235 Å². The lowest BCUT2D eigenvalue weighted by molar-refractivity contribution is -0.357. The Labute approximate surface area is 307 Å². The quantitative estimate of drug-likeness (QED) is 0.147. The zero-order valence-corrected chi connectivity index (χ0v) is 30.5. The molecule has 7 N–H and O–H groups in total. The molecule has 1 aromatic heterocycles. The zero-order valence-electron chi connectivity index (χ0n) is 30.5. The van der Waals surface area contributed by atoms with Crippen LogP contribution in [-0.2, 0) is 28.5 Å². The van der Waals surface area contributed by atoms with Gasteiger partial charge in [0.05, 0.1) is 30.7 Å². The maximum Gasteiger partial charge on any atom is 0.335 e. The third kappa shape index (κ3) is 6.43. The molecule has 4 aliphatic carbocycles. The summed E-state index contributed by atoms with van der Waals surface area (Å²) in [6, 6.07) is 3.22. The Morgan fingerprint density at radius 3 is 2.28 bits per heavy atom. The molecule has 0 amide bonds. The lowest BCUT2D eigenvalue weighted by atomic mass is 9.44. The maximum atomic E-state index is 12.7. The van der Waals surface area contributed by atoms with Gasteiger partial charge in [-0.1, -0.05) is 19.9 Å². The smallest absolute Gasteiger partial charge is 0.335 e. The van der Waals surface area contributed by atoms with Gasteiger partial charge < -0.3 is 63.8 Å². The van der Waals surface area contributed by atoms with Crippen LogP contribution in [-0.4, -0.2) is 128 Å². The number of carbonyl (C=O) groups is 1. The molecule has 1 aromatic rings. The minimum absolute atomic E-state index is 0.000672. The van der Waals surface area contributed by atoms with E-state index in [9.17, 15) is 45.3 Å². The van der Waals surface area contributed by atoms with Gasteiger partial charge >= 0.3 is 11.6 Å². The lowest BCUT2D eigenvalue weighted by Gasteiger charge is -2.63. The average molecular weight is 751 g/mol. The average Bonchev–Trinajstić information content (AvgIpc) is 3.40. The standard InChI is InChI=1S/C38H54O15/c1-17-33(53-35-31(45)29(43)28(42)26(15-39)52-35)30(44)32(46)34(49-17)51-20-7-10-36(3)22-8-11-37(4)21(19-5-6-27(41)48-16-19)9-12-38(37,47)23(22)14-25(24(36)13-20)50-18(2)40/h5-6,13,16-17,20-23,25-26,28-35,39,42-47H,7-12,14-15H2,1-4H3/t17-,20-,21+,22-,23+,25+,26+,28+,29-,30-,31+,32+,33-,34-,35-,36+,37+,38-/m0/s1. The van der Waals surface area contributed by atoms with Crippen LogP contribution >= 0.6 is 0 Å². The summed E-state index contributed by atoms with van der Waals surface area (Å²) in [6.07, 6.45) is -7.53. The number of hydrogen-bond donors (Lipinski definition) is 7. The highest BCUT2D eigenvalue weighted by molar-refractivity contribution is 5.66. The second kappa shape index (κ2) is 14.3. The number of aliphatic hydroxyl groups excluding tert-OH is 6. The van der Waals surface area contributed by atoms with E-state index < -0.39 is 108 Å². The highest BCUT2D eigenvalue weighted by atomic mass is 16.7. The number of fused-ring (bicyclic) bond motifs is 5. The van der Waals surface area contributed by atoms with Crippen LogP contribution in [0.25, 0.3) is 0 Å². The fourth-order valence-electron chi connectivity index (χ4n) is 11.0. The summed E-state index contributed by atoms with van der Waals surface area (Å²) >= 11 is 0. The van der Waals surface area contributed by atoms with Crippen LogP contribution in [0, 0.1) is 22.7 Å². The van der Waals surface area contributed by atoms with Crippen molar-refractivity contribution in [2.75, 3.05) is 6.61 Å². The number of rotatable bonds is 7. The minimum Gasteiger partial charge on any atom is -0.458 e. The molecule has 6 aliphatic rings. The first-order chi connectivity index (χ1) is 25.0. The van der Waals surface area contributed by atoms with Crippen LogP contribution in [0.3, 0.4) is 0 Å². The molecule has 0 radical (unpaired) electrons. The summed E-state index contributed by atoms with van der Waals surface area (Å²) in [5.74, 6) is -0.514. The first-order valence-electron chi connectivity index (χ1n) is 18.9. The number of carbonyl (C=O) groups excluding carboxylic acids is 1. The molecule has 3 heterocycles. The van der Waals surface area contributed by atoms with Gasteiger partial charge in [0, 0.05) is 18.4 Å². The van der Waals surface area contributed by atoms with Crippen molar-refractivity contribution in [2.24, 2.45) is 22.7 Å². The first kappa shape index (κ1) is 39.0. The van der Waals surface area contributed by atoms with Gasteiger partial charge in [0.15, 0.2) is 12.6 Å². The SMILES string of the molecule is CC(=O)O[C@@H]1C[C@@H]2[C@H](CC[C@]3(C)[C@@H](c4ccc(=O)oc4)CC[C@]23O)[C@@]2(C)CC[C@H](O[C@@H]3O[C@@H](C)[C@H](O[C@@H]4O[C@H](CO)[C@@H](O)[C@H](O)[C@H]4O)[C@@H](O)[C@H]3O)C=C12. The van der Waals surface area contributed by atoms with E-state index in [0.717, 1.165) is 30.4 Å². The molecule has 0 bridgehead atoms. The van der Waals surface area contributed by atoms with Gasteiger partial charge in [-0.05, 0) is 92.2 Å². The molecular formula is C38H54O15. The van der Waals surface area contributed by atoms with E-state index in [-0.39, 0.29) is 17.8 Å². The molecule has 0 aromatic carbocycles. The number of hydrogen-bond acceptors (Lipinski definition) is 15. The zero-order chi connectivity index (χ0) is 38.2. The third-order valence-electron chi connectivity index (χ3n) is 13.9. The summed E-state index contributed by atoms with van der Waals surface area (Å²) in [5.41, 5.74) is -0.572. The molecule has 7 rings (SSSR count). The highest BCUT2D eigenvalue weighted by Crippen LogP contribution is 2.70. The molecular weight excluding hydrogens is 696 g/mol. The van der Waals surface area contributed by atoms with Crippen molar-refractivity contribution >= 4 is 5.97 Å². The van der Waals surface area contributed by atoms with Crippen molar-refractivity contribution < 1.29 is 68.6 Å². The molecule has 15 nitrogen and oxygen atoms in total. The predicted octanol–water partition coefficient (Wildman–Crippen LogP) is 0.380. The van der Waals surface area contributed by atoms with Crippen molar-refractivity contribution in [1.82, 2.24) is 0 Å². The van der Waals surface area contributed by atoms with Gasteiger partial charge in [0.1, 0.15) is 48.8 Å². The molecule has 5 fully saturated rings. The van der Waals surface area contributed by atoms with E-state index in [4.69, 9.17) is 28.1 Å². The first-order valence-corrected chi connectivity index (χ1v) is 18.9. The molecule has 18 atom stereocenters. The summed E-state index contributed by atoms with van der Waals surface area (Å²) in [6.45, 7) is 6.60. The molecule has 0 spiro atoms. The van der Waals surface area contributed by atoms with Crippen molar-refractivity contribution in [2.45, 2.75) is 158 Å². The summed E-state index contributed by atoms with van der Waals surface area (Å²) < 4.78 is 34.7. The van der Waals surface area contributed by atoms with Gasteiger partial charge in [-0.25, -0.2) is 4.79 Å². The Morgan fingerprint density at radius 1 is 0.887 bits per heavy atom. The van der Waals surface area contributed by atoms with E-state index in [2.05, 4.69) is 13.8 Å². The van der Waals surface area contributed by atoms with Gasteiger partial charge in [-0.3, -0.25) is 4.79 Å². The van der Waals surface area contributed by atoms with Gasteiger partial charge in [-0.2, -0.15) is 0 Å². The van der Waals surface area contributed by atoms with Crippen LogP contribution < -0.4 is 5.63 Å². The molecule has 2 aliphatic heterocycles. The van der Waals surface area contributed by atoms with Crippen molar-refractivity contribution in [3.05, 3.63) is 46.0 Å². The Hall–Kier alpha value is -2.28. The van der Waals surface area contributed by atoms with E-state index in [0.29, 0.717) is 25.7 Å². The minimum atomic E-state index is -1.71. The number of ether oxygens (including phenoxy) is 5.